The van der Waals surface area contributed by atoms with E-state index in [1.54, 1.807) is 0 Å². The Morgan fingerprint density at radius 1 is 1.13 bits per heavy atom. The van der Waals surface area contributed by atoms with Crippen LogP contribution in [-0.2, 0) is 4.79 Å². The van der Waals surface area contributed by atoms with Crippen LogP contribution in [0.25, 0.3) is 0 Å². The first-order chi connectivity index (χ1) is 11.2. The lowest BCUT2D eigenvalue weighted by Gasteiger charge is -2.17. The van der Waals surface area contributed by atoms with Gasteiger partial charge in [0.15, 0.2) is 6.61 Å². The molecule has 0 radical (unpaired) electrons. The number of amides is 1. The maximum atomic E-state index is 12.0. The fourth-order valence-corrected chi connectivity index (χ4v) is 2.78. The molecule has 1 aliphatic rings. The molecule has 2 aromatic rings. The fraction of sp³-hybridized carbons (Fsp3) is 0.316. The molecule has 0 saturated carbocycles. The number of hydrogen-bond acceptors (Lipinski definition) is 3. The van der Waals surface area contributed by atoms with Crippen LogP contribution in [0, 0.1) is 6.92 Å². The normalized spacial score (nSPS) is 13.9. The molecule has 120 valence electrons. The topological polar surface area (TPSA) is 41.6 Å². The number of benzene rings is 2. The number of anilines is 2. The third-order valence-corrected chi connectivity index (χ3v) is 3.98. The summed E-state index contributed by atoms with van der Waals surface area (Å²) in [5.41, 5.74) is 3.13. The first kappa shape index (κ1) is 15.4. The average molecular weight is 310 g/mol. The van der Waals surface area contributed by atoms with Crippen LogP contribution < -0.4 is 15.0 Å². The second-order valence-electron chi connectivity index (χ2n) is 5.89. The van der Waals surface area contributed by atoms with Gasteiger partial charge in [0.2, 0.25) is 0 Å². The first-order valence-electron chi connectivity index (χ1n) is 8.05. The molecule has 3 rings (SSSR count). The molecule has 1 amide bonds. The lowest BCUT2D eigenvalue weighted by molar-refractivity contribution is -0.118. The van der Waals surface area contributed by atoms with E-state index in [1.807, 2.05) is 43.3 Å². The van der Waals surface area contributed by atoms with E-state index in [0.29, 0.717) is 5.75 Å². The predicted octanol–water partition coefficient (Wildman–Crippen LogP) is 3.61. The zero-order valence-corrected chi connectivity index (χ0v) is 13.4. The molecule has 2 aromatic carbocycles. The van der Waals surface area contributed by atoms with Crippen molar-refractivity contribution in [3.63, 3.8) is 0 Å². The number of ether oxygens (including phenoxy) is 1. The van der Waals surface area contributed by atoms with Crippen molar-refractivity contribution in [2.75, 3.05) is 29.9 Å². The van der Waals surface area contributed by atoms with Gasteiger partial charge in [-0.3, -0.25) is 4.79 Å². The maximum Gasteiger partial charge on any atom is 0.262 e. The van der Waals surface area contributed by atoms with Gasteiger partial charge in [-0.1, -0.05) is 12.1 Å². The average Bonchev–Trinajstić information content (AvgIpc) is 3.08. The molecule has 1 aliphatic heterocycles. The standard InChI is InChI=1S/C19H22N2O2/c1-15-5-4-6-18(13-15)23-14-19(22)20-16-7-9-17(10-8-16)21-11-2-3-12-21/h4-10,13H,2-3,11-12,14H2,1H3,(H,20,22). The molecule has 4 heteroatoms. The monoisotopic (exact) mass is 310 g/mol. The molecule has 0 bridgehead atoms. The smallest absolute Gasteiger partial charge is 0.262 e. The molecular weight excluding hydrogens is 288 g/mol. The largest absolute Gasteiger partial charge is 0.484 e. The van der Waals surface area contributed by atoms with Gasteiger partial charge in [0.1, 0.15) is 5.75 Å². The summed E-state index contributed by atoms with van der Waals surface area (Å²) in [4.78, 5) is 14.3. The van der Waals surface area contributed by atoms with E-state index in [9.17, 15) is 4.79 Å². The number of aryl methyl sites for hydroxylation is 1. The minimum absolute atomic E-state index is 0.0112. The summed E-state index contributed by atoms with van der Waals surface area (Å²) in [6.07, 6.45) is 2.52. The molecule has 1 fully saturated rings. The van der Waals surface area contributed by atoms with Gasteiger partial charge in [0.25, 0.3) is 5.91 Å². The van der Waals surface area contributed by atoms with Crippen molar-refractivity contribution in [3.05, 3.63) is 54.1 Å². The summed E-state index contributed by atoms with van der Waals surface area (Å²) in [5.74, 6) is 0.560. The van der Waals surface area contributed by atoms with Gasteiger partial charge >= 0.3 is 0 Å². The summed E-state index contributed by atoms with van der Waals surface area (Å²) in [6.45, 7) is 4.25. The van der Waals surface area contributed by atoms with E-state index in [2.05, 4.69) is 22.3 Å². The van der Waals surface area contributed by atoms with Gasteiger partial charge in [-0.25, -0.2) is 0 Å². The Bertz CT molecular complexity index is 661. The van der Waals surface area contributed by atoms with Crippen molar-refractivity contribution in [1.29, 1.82) is 0 Å². The zero-order chi connectivity index (χ0) is 16.1. The van der Waals surface area contributed by atoms with E-state index in [4.69, 9.17) is 4.74 Å². The van der Waals surface area contributed by atoms with Crippen LogP contribution in [0.3, 0.4) is 0 Å². The minimum Gasteiger partial charge on any atom is -0.484 e. The number of nitrogens with zero attached hydrogens (tertiary/aromatic N) is 1. The van der Waals surface area contributed by atoms with Crippen LogP contribution >= 0.6 is 0 Å². The van der Waals surface area contributed by atoms with Gasteiger partial charge in [-0.2, -0.15) is 0 Å². The first-order valence-corrected chi connectivity index (χ1v) is 8.05. The van der Waals surface area contributed by atoms with Crippen molar-refractivity contribution in [2.45, 2.75) is 19.8 Å². The summed E-state index contributed by atoms with van der Waals surface area (Å²) >= 11 is 0. The van der Waals surface area contributed by atoms with Crippen LogP contribution in [0.5, 0.6) is 5.75 Å². The lowest BCUT2D eigenvalue weighted by atomic mass is 10.2. The third-order valence-electron chi connectivity index (χ3n) is 3.98. The van der Waals surface area contributed by atoms with Crippen LogP contribution in [0.1, 0.15) is 18.4 Å². The Balaban J connectivity index is 1.51. The second kappa shape index (κ2) is 7.18. The molecule has 4 nitrogen and oxygen atoms in total. The van der Waals surface area contributed by atoms with Crippen LogP contribution in [-0.4, -0.2) is 25.6 Å². The van der Waals surface area contributed by atoms with E-state index < -0.39 is 0 Å². The Hall–Kier alpha value is -2.49. The summed E-state index contributed by atoms with van der Waals surface area (Å²) in [7, 11) is 0. The van der Waals surface area contributed by atoms with Crippen molar-refractivity contribution in [1.82, 2.24) is 0 Å². The van der Waals surface area contributed by atoms with Gasteiger partial charge < -0.3 is 15.0 Å². The van der Waals surface area contributed by atoms with Crippen molar-refractivity contribution in [2.24, 2.45) is 0 Å². The molecule has 1 saturated heterocycles. The van der Waals surface area contributed by atoms with E-state index in [-0.39, 0.29) is 12.5 Å². The fourth-order valence-electron chi connectivity index (χ4n) is 2.78. The highest BCUT2D eigenvalue weighted by Crippen LogP contribution is 2.22. The quantitative estimate of drug-likeness (QED) is 0.917. The highest BCUT2D eigenvalue weighted by atomic mass is 16.5. The van der Waals surface area contributed by atoms with Crippen molar-refractivity contribution < 1.29 is 9.53 Å². The van der Waals surface area contributed by atoms with Crippen LogP contribution in [0.2, 0.25) is 0 Å². The van der Waals surface area contributed by atoms with Crippen molar-refractivity contribution >= 4 is 17.3 Å². The van der Waals surface area contributed by atoms with Gasteiger partial charge in [-0.15, -0.1) is 0 Å². The molecule has 0 atom stereocenters. The third kappa shape index (κ3) is 4.25. The molecule has 0 aromatic heterocycles. The maximum absolute atomic E-state index is 12.0. The number of rotatable bonds is 5. The highest BCUT2D eigenvalue weighted by Gasteiger charge is 2.12. The summed E-state index contributed by atoms with van der Waals surface area (Å²) in [6, 6.07) is 15.7. The summed E-state index contributed by atoms with van der Waals surface area (Å²) < 4.78 is 5.51. The Morgan fingerprint density at radius 2 is 1.87 bits per heavy atom. The Kier molecular flexibility index (Phi) is 4.81. The predicted molar refractivity (Wildman–Crippen MR) is 93.2 cm³/mol. The molecule has 0 spiro atoms. The molecular formula is C19H22N2O2. The summed E-state index contributed by atoms with van der Waals surface area (Å²) in [5, 5.41) is 2.86. The zero-order valence-electron chi connectivity index (χ0n) is 13.4. The van der Waals surface area contributed by atoms with Crippen LogP contribution in [0.15, 0.2) is 48.5 Å². The highest BCUT2D eigenvalue weighted by molar-refractivity contribution is 5.92. The molecule has 0 aliphatic carbocycles. The SMILES string of the molecule is Cc1cccc(OCC(=O)Nc2ccc(N3CCCC3)cc2)c1. The van der Waals surface area contributed by atoms with Gasteiger partial charge in [-0.05, 0) is 61.7 Å². The van der Waals surface area contributed by atoms with E-state index in [1.165, 1.54) is 18.5 Å². The Labute approximate surface area is 137 Å². The lowest BCUT2D eigenvalue weighted by Crippen LogP contribution is -2.20. The molecule has 0 unspecified atom stereocenters. The molecule has 1 heterocycles. The molecule has 1 N–H and O–H groups in total. The van der Waals surface area contributed by atoms with Crippen molar-refractivity contribution in [3.8, 4) is 5.75 Å². The van der Waals surface area contributed by atoms with Crippen LogP contribution in [0.4, 0.5) is 11.4 Å². The van der Waals surface area contributed by atoms with E-state index >= 15 is 0 Å². The minimum atomic E-state index is -0.152. The number of carbonyl (C=O) groups excluding carboxylic acids is 1. The second-order valence-corrected chi connectivity index (χ2v) is 5.89. The van der Waals surface area contributed by atoms with E-state index in [0.717, 1.165) is 24.3 Å². The number of hydrogen-bond donors (Lipinski definition) is 1. The van der Waals surface area contributed by atoms with Gasteiger partial charge in [0, 0.05) is 24.5 Å². The number of nitrogens with one attached hydrogen (secondary N) is 1. The molecule has 23 heavy (non-hydrogen) atoms. The Morgan fingerprint density at radius 3 is 2.57 bits per heavy atom. The van der Waals surface area contributed by atoms with Gasteiger partial charge in [0.05, 0.1) is 0 Å². The number of carbonyl (C=O) groups is 1.